The Hall–Kier alpha value is -2.18. The zero-order valence-electron chi connectivity index (χ0n) is 11.1. The first-order chi connectivity index (χ1) is 9.49. The van der Waals surface area contributed by atoms with Crippen LogP contribution in [0.5, 0.6) is 5.88 Å². The largest absolute Gasteiger partial charge is 0.477 e. The molecule has 0 aromatic carbocycles. The third kappa shape index (κ3) is 3.04. The van der Waals surface area contributed by atoms with E-state index in [2.05, 4.69) is 11.9 Å². The van der Waals surface area contributed by atoms with E-state index in [0.29, 0.717) is 5.92 Å². The topological polar surface area (TPSA) is 103 Å². The lowest BCUT2D eigenvalue weighted by Crippen LogP contribution is -2.29. The number of hydrogen-bond acceptors (Lipinski definition) is 5. The zero-order chi connectivity index (χ0) is 14.7. The molecule has 7 nitrogen and oxygen atoms in total. The molecule has 1 heterocycles. The first kappa shape index (κ1) is 14.2. The van der Waals surface area contributed by atoms with Gasteiger partial charge in [-0.3, -0.25) is 10.1 Å². The lowest BCUT2D eigenvalue weighted by atomic mass is 9.88. The molecule has 0 spiro atoms. The SMILES string of the molecule is CC1CCCCC1Oc1ncc([N+](=O)[O-])cc1C(=O)O. The molecule has 108 valence electrons. The van der Waals surface area contributed by atoms with Gasteiger partial charge < -0.3 is 9.84 Å². The van der Waals surface area contributed by atoms with Crippen LogP contribution < -0.4 is 4.74 Å². The summed E-state index contributed by atoms with van der Waals surface area (Å²) in [5.74, 6) is -0.996. The molecule has 0 bridgehead atoms. The fourth-order valence-electron chi connectivity index (χ4n) is 2.39. The summed E-state index contributed by atoms with van der Waals surface area (Å²) in [7, 11) is 0. The number of rotatable bonds is 4. The van der Waals surface area contributed by atoms with Crippen LogP contribution >= 0.6 is 0 Å². The van der Waals surface area contributed by atoms with Gasteiger partial charge in [0.2, 0.25) is 5.88 Å². The number of carboxylic acids is 1. The highest BCUT2D eigenvalue weighted by atomic mass is 16.6. The number of aromatic carboxylic acids is 1. The first-order valence-corrected chi connectivity index (χ1v) is 6.53. The molecule has 0 saturated heterocycles. The van der Waals surface area contributed by atoms with Gasteiger partial charge in [-0.15, -0.1) is 0 Å². The molecule has 1 aromatic heterocycles. The molecule has 7 heteroatoms. The smallest absolute Gasteiger partial charge is 0.341 e. The van der Waals surface area contributed by atoms with E-state index >= 15 is 0 Å². The molecule has 1 aliphatic rings. The number of hydrogen-bond donors (Lipinski definition) is 1. The second-order valence-corrected chi connectivity index (χ2v) is 5.03. The maximum absolute atomic E-state index is 11.2. The molecule has 1 N–H and O–H groups in total. The predicted octanol–water partition coefficient (Wildman–Crippen LogP) is 2.65. The van der Waals surface area contributed by atoms with Crippen molar-refractivity contribution >= 4 is 11.7 Å². The van der Waals surface area contributed by atoms with Crippen molar-refractivity contribution < 1.29 is 19.6 Å². The number of ether oxygens (including phenoxy) is 1. The third-order valence-electron chi connectivity index (χ3n) is 3.57. The second-order valence-electron chi connectivity index (χ2n) is 5.03. The van der Waals surface area contributed by atoms with E-state index in [4.69, 9.17) is 9.84 Å². The molecule has 20 heavy (non-hydrogen) atoms. The number of nitrogens with zero attached hydrogens (tertiary/aromatic N) is 2. The van der Waals surface area contributed by atoms with Gasteiger partial charge in [0.05, 0.1) is 4.92 Å². The maximum Gasteiger partial charge on any atom is 0.341 e. The third-order valence-corrected chi connectivity index (χ3v) is 3.57. The van der Waals surface area contributed by atoms with Crippen LogP contribution in [-0.4, -0.2) is 27.1 Å². The standard InChI is InChI=1S/C13H16N2O5/c1-8-4-2-3-5-11(8)20-12-10(13(16)17)6-9(7-14-12)15(18)19/h6-8,11H,2-5H2,1H3,(H,16,17). The molecule has 1 fully saturated rings. The Labute approximate surface area is 115 Å². The van der Waals surface area contributed by atoms with E-state index in [9.17, 15) is 14.9 Å². The Bertz CT molecular complexity index is 531. The Morgan fingerprint density at radius 3 is 2.80 bits per heavy atom. The molecular formula is C13H16N2O5. The van der Waals surface area contributed by atoms with Crippen LogP contribution in [0.25, 0.3) is 0 Å². The van der Waals surface area contributed by atoms with Crippen molar-refractivity contribution in [2.75, 3.05) is 0 Å². The van der Waals surface area contributed by atoms with Gasteiger partial charge in [0.25, 0.3) is 5.69 Å². The molecule has 2 atom stereocenters. The van der Waals surface area contributed by atoms with Crippen molar-refractivity contribution in [3.63, 3.8) is 0 Å². The first-order valence-electron chi connectivity index (χ1n) is 6.53. The van der Waals surface area contributed by atoms with Gasteiger partial charge in [0.15, 0.2) is 0 Å². The maximum atomic E-state index is 11.2. The molecular weight excluding hydrogens is 264 g/mol. The molecule has 0 aliphatic heterocycles. The van der Waals surface area contributed by atoms with E-state index in [1.165, 1.54) is 0 Å². The van der Waals surface area contributed by atoms with E-state index < -0.39 is 10.9 Å². The highest BCUT2D eigenvalue weighted by Crippen LogP contribution is 2.29. The average Bonchev–Trinajstić information content (AvgIpc) is 2.41. The molecule has 1 aromatic rings. The summed E-state index contributed by atoms with van der Waals surface area (Å²) in [4.78, 5) is 25.0. The van der Waals surface area contributed by atoms with E-state index in [1.54, 1.807) is 0 Å². The van der Waals surface area contributed by atoms with Gasteiger partial charge in [-0.2, -0.15) is 0 Å². The lowest BCUT2D eigenvalue weighted by molar-refractivity contribution is -0.385. The second kappa shape index (κ2) is 5.85. The Kier molecular flexibility index (Phi) is 4.16. The summed E-state index contributed by atoms with van der Waals surface area (Å²) in [5, 5.41) is 19.8. The van der Waals surface area contributed by atoms with E-state index in [-0.39, 0.29) is 23.2 Å². The van der Waals surface area contributed by atoms with E-state index in [0.717, 1.165) is 37.9 Å². The van der Waals surface area contributed by atoms with Crippen LogP contribution in [-0.2, 0) is 0 Å². The van der Waals surface area contributed by atoms with Crippen LogP contribution in [0.2, 0.25) is 0 Å². The minimum Gasteiger partial charge on any atom is -0.477 e. The normalized spacial score (nSPS) is 22.2. The zero-order valence-corrected chi connectivity index (χ0v) is 11.1. The highest BCUT2D eigenvalue weighted by Gasteiger charge is 2.26. The van der Waals surface area contributed by atoms with Crippen molar-refractivity contribution in [2.45, 2.75) is 38.7 Å². The van der Waals surface area contributed by atoms with Crippen molar-refractivity contribution in [3.05, 3.63) is 27.9 Å². The minimum atomic E-state index is -1.28. The summed E-state index contributed by atoms with van der Waals surface area (Å²) in [5.41, 5.74) is -0.622. The van der Waals surface area contributed by atoms with Gasteiger partial charge >= 0.3 is 5.97 Å². The minimum absolute atomic E-state index is 0.0400. The number of aromatic nitrogens is 1. The molecule has 0 amide bonds. The van der Waals surface area contributed by atoms with Gasteiger partial charge in [-0.05, 0) is 25.2 Å². The van der Waals surface area contributed by atoms with Crippen LogP contribution in [0, 0.1) is 16.0 Å². The number of carboxylic acid groups (broad SMARTS) is 1. The van der Waals surface area contributed by atoms with Crippen molar-refractivity contribution in [3.8, 4) is 5.88 Å². The van der Waals surface area contributed by atoms with Gasteiger partial charge in [-0.25, -0.2) is 9.78 Å². The van der Waals surface area contributed by atoms with Crippen molar-refractivity contribution in [1.82, 2.24) is 4.98 Å². The summed E-state index contributed by atoms with van der Waals surface area (Å²) in [6, 6.07) is 0.984. The molecule has 0 radical (unpaired) electrons. The fourth-order valence-corrected chi connectivity index (χ4v) is 2.39. The van der Waals surface area contributed by atoms with Crippen LogP contribution in [0.3, 0.4) is 0 Å². The average molecular weight is 280 g/mol. The van der Waals surface area contributed by atoms with Gasteiger partial charge in [-0.1, -0.05) is 13.3 Å². The highest BCUT2D eigenvalue weighted by molar-refractivity contribution is 5.90. The monoisotopic (exact) mass is 280 g/mol. The summed E-state index contributed by atoms with van der Waals surface area (Å²) in [6.45, 7) is 2.05. The molecule has 1 aliphatic carbocycles. The van der Waals surface area contributed by atoms with Gasteiger partial charge in [0.1, 0.15) is 17.9 Å². The quantitative estimate of drug-likeness (QED) is 0.671. The Balaban J connectivity index is 2.26. The fraction of sp³-hybridized carbons (Fsp3) is 0.538. The number of nitro groups is 1. The lowest BCUT2D eigenvalue weighted by Gasteiger charge is -2.29. The Morgan fingerprint density at radius 2 is 2.20 bits per heavy atom. The van der Waals surface area contributed by atoms with Crippen LogP contribution in [0.15, 0.2) is 12.3 Å². The molecule has 2 unspecified atom stereocenters. The van der Waals surface area contributed by atoms with Crippen LogP contribution in [0.1, 0.15) is 43.0 Å². The van der Waals surface area contributed by atoms with E-state index in [1.807, 2.05) is 0 Å². The van der Waals surface area contributed by atoms with Gasteiger partial charge in [0, 0.05) is 6.07 Å². The van der Waals surface area contributed by atoms with Crippen molar-refractivity contribution in [2.24, 2.45) is 5.92 Å². The number of carbonyl (C=O) groups is 1. The molecule has 2 rings (SSSR count). The van der Waals surface area contributed by atoms with Crippen LogP contribution in [0.4, 0.5) is 5.69 Å². The summed E-state index contributed by atoms with van der Waals surface area (Å²) < 4.78 is 5.68. The van der Waals surface area contributed by atoms with Crippen molar-refractivity contribution in [1.29, 1.82) is 0 Å². The summed E-state index contributed by atoms with van der Waals surface area (Å²) in [6.07, 6.45) is 4.98. The molecule has 1 saturated carbocycles. The summed E-state index contributed by atoms with van der Waals surface area (Å²) >= 11 is 0. The Morgan fingerprint density at radius 1 is 1.50 bits per heavy atom. The number of pyridine rings is 1. The predicted molar refractivity (Wildman–Crippen MR) is 69.9 cm³/mol.